The van der Waals surface area contributed by atoms with Gasteiger partial charge in [-0.05, 0) is 31.4 Å². The van der Waals surface area contributed by atoms with E-state index in [1.54, 1.807) is 4.90 Å². The lowest BCUT2D eigenvalue weighted by Crippen LogP contribution is -2.43. The summed E-state index contributed by atoms with van der Waals surface area (Å²) in [7, 11) is 0. The second-order valence-corrected chi connectivity index (χ2v) is 9.36. The summed E-state index contributed by atoms with van der Waals surface area (Å²) in [5.41, 5.74) is 0.410. The number of likely N-dealkylation sites (tertiary alicyclic amines) is 1. The van der Waals surface area contributed by atoms with Gasteiger partial charge >= 0.3 is 0 Å². The molecule has 29 heavy (non-hydrogen) atoms. The normalized spacial score (nSPS) is 16.8. The van der Waals surface area contributed by atoms with Crippen molar-refractivity contribution in [3.8, 4) is 0 Å². The molecule has 0 saturated carbocycles. The summed E-state index contributed by atoms with van der Waals surface area (Å²) >= 11 is 1.43. The minimum absolute atomic E-state index is 0.0285. The summed E-state index contributed by atoms with van der Waals surface area (Å²) in [6, 6.07) is 7.26. The number of nitrogens with one attached hydrogen (secondary N) is 2. The second-order valence-electron chi connectivity index (χ2n) is 8.33. The van der Waals surface area contributed by atoms with Gasteiger partial charge in [0.25, 0.3) is 0 Å². The number of para-hydroxylation sites is 1. The van der Waals surface area contributed by atoms with E-state index < -0.39 is 11.5 Å². The van der Waals surface area contributed by atoms with E-state index in [2.05, 4.69) is 15.6 Å². The van der Waals surface area contributed by atoms with E-state index in [9.17, 15) is 14.4 Å². The van der Waals surface area contributed by atoms with Gasteiger partial charge in [0.05, 0.1) is 10.2 Å². The molecule has 0 spiro atoms. The van der Waals surface area contributed by atoms with Crippen LogP contribution in [-0.2, 0) is 14.4 Å². The molecule has 1 fully saturated rings. The van der Waals surface area contributed by atoms with Crippen molar-refractivity contribution >= 4 is 44.4 Å². The highest BCUT2D eigenvalue weighted by molar-refractivity contribution is 7.22. The van der Waals surface area contributed by atoms with Crippen molar-refractivity contribution < 1.29 is 14.4 Å². The fourth-order valence-electron chi connectivity index (χ4n) is 3.30. The summed E-state index contributed by atoms with van der Waals surface area (Å²) in [5, 5.41) is 6.28. The van der Waals surface area contributed by atoms with E-state index in [0.29, 0.717) is 37.5 Å². The average Bonchev–Trinajstić information content (AvgIpc) is 3.30. The number of aromatic nitrogens is 1. The van der Waals surface area contributed by atoms with E-state index in [4.69, 9.17) is 0 Å². The van der Waals surface area contributed by atoms with Crippen LogP contribution in [0.15, 0.2) is 24.3 Å². The number of hydrogen-bond acceptors (Lipinski definition) is 5. The molecule has 156 valence electrons. The topological polar surface area (TPSA) is 91.4 Å². The smallest absolute Gasteiger partial charge is 0.248 e. The first-order valence-corrected chi connectivity index (χ1v) is 10.8. The lowest BCUT2D eigenvalue weighted by Gasteiger charge is -2.24. The number of benzene rings is 1. The van der Waals surface area contributed by atoms with E-state index in [-0.39, 0.29) is 17.7 Å². The Bertz CT molecular complexity index is 870. The predicted molar refractivity (Wildman–Crippen MR) is 115 cm³/mol. The number of anilines is 1. The molecule has 2 N–H and O–H groups in total. The van der Waals surface area contributed by atoms with Crippen molar-refractivity contribution in [2.24, 2.45) is 5.41 Å². The van der Waals surface area contributed by atoms with Crippen molar-refractivity contribution in [1.29, 1.82) is 0 Å². The minimum atomic E-state index is -0.460. The molecular formula is C21H28N4O3S. The lowest BCUT2D eigenvalue weighted by atomic mass is 9.96. The number of thiazole rings is 1. The summed E-state index contributed by atoms with van der Waals surface area (Å²) in [4.78, 5) is 43.3. The second kappa shape index (κ2) is 8.90. The van der Waals surface area contributed by atoms with Crippen LogP contribution in [0.25, 0.3) is 10.2 Å². The van der Waals surface area contributed by atoms with Gasteiger partial charge in [-0.2, -0.15) is 0 Å². The van der Waals surface area contributed by atoms with Gasteiger partial charge in [0.2, 0.25) is 17.7 Å². The molecule has 0 bridgehead atoms. The fraction of sp³-hybridized carbons (Fsp3) is 0.524. The number of carbonyl (C=O) groups excluding carboxylic acids is 3. The van der Waals surface area contributed by atoms with Crippen LogP contribution >= 0.6 is 11.3 Å². The maximum Gasteiger partial charge on any atom is 0.248 e. The third-order valence-electron chi connectivity index (χ3n) is 4.93. The van der Waals surface area contributed by atoms with Gasteiger partial charge in [-0.15, -0.1) is 0 Å². The average molecular weight is 417 g/mol. The molecule has 3 amide bonds. The standard InChI is InChI=1S/C21H28N4O3S/c1-21(2,3)19(28)22-12-6-11-17(26)25-13-7-9-15(25)18(27)24-20-23-14-8-4-5-10-16(14)29-20/h4-5,8,10,15H,6-7,9,11-13H2,1-3H3,(H,22,28)(H,23,24,27). The van der Waals surface area contributed by atoms with Crippen molar-refractivity contribution in [2.45, 2.75) is 52.5 Å². The van der Waals surface area contributed by atoms with Gasteiger partial charge in [0, 0.05) is 24.9 Å². The molecule has 1 aliphatic heterocycles. The molecule has 3 rings (SSSR count). The molecule has 1 unspecified atom stereocenters. The molecule has 0 aliphatic carbocycles. The Labute approximate surface area is 174 Å². The minimum Gasteiger partial charge on any atom is -0.356 e. The van der Waals surface area contributed by atoms with Crippen LogP contribution < -0.4 is 10.6 Å². The van der Waals surface area contributed by atoms with E-state index in [0.717, 1.165) is 16.6 Å². The molecule has 1 atom stereocenters. The number of nitrogens with zero attached hydrogens (tertiary/aromatic N) is 2. The summed E-state index contributed by atoms with van der Waals surface area (Å²) in [6.45, 7) is 6.61. The van der Waals surface area contributed by atoms with Gasteiger partial charge in [-0.25, -0.2) is 4.98 Å². The quantitative estimate of drug-likeness (QED) is 0.708. The van der Waals surface area contributed by atoms with Crippen molar-refractivity contribution in [3.63, 3.8) is 0 Å². The molecule has 1 aliphatic rings. The Morgan fingerprint density at radius 1 is 1.24 bits per heavy atom. The van der Waals surface area contributed by atoms with Gasteiger partial charge < -0.3 is 15.5 Å². The summed E-state index contributed by atoms with van der Waals surface area (Å²) < 4.78 is 1.01. The Kier molecular flexibility index (Phi) is 6.52. The molecule has 1 aromatic carbocycles. The maximum atomic E-state index is 12.7. The maximum absolute atomic E-state index is 12.7. The zero-order valence-corrected chi connectivity index (χ0v) is 18.0. The van der Waals surface area contributed by atoms with Crippen LogP contribution in [0.3, 0.4) is 0 Å². The molecule has 1 saturated heterocycles. The Balaban J connectivity index is 1.51. The third kappa shape index (κ3) is 5.32. The molecule has 1 aromatic heterocycles. The lowest BCUT2D eigenvalue weighted by molar-refractivity contribution is -0.136. The first-order chi connectivity index (χ1) is 13.8. The number of hydrogen-bond donors (Lipinski definition) is 2. The van der Waals surface area contributed by atoms with E-state index >= 15 is 0 Å². The highest BCUT2D eigenvalue weighted by Crippen LogP contribution is 2.27. The van der Waals surface area contributed by atoms with Gasteiger partial charge in [0.15, 0.2) is 5.13 Å². The van der Waals surface area contributed by atoms with Crippen LogP contribution in [0, 0.1) is 5.41 Å². The zero-order chi connectivity index (χ0) is 21.0. The Morgan fingerprint density at radius 3 is 2.72 bits per heavy atom. The van der Waals surface area contributed by atoms with Crippen LogP contribution in [0.4, 0.5) is 5.13 Å². The highest BCUT2D eigenvalue weighted by Gasteiger charge is 2.34. The number of rotatable bonds is 6. The first kappa shape index (κ1) is 21.2. The van der Waals surface area contributed by atoms with Crippen LogP contribution in [-0.4, -0.2) is 46.7 Å². The Morgan fingerprint density at radius 2 is 2.00 bits per heavy atom. The predicted octanol–water partition coefficient (Wildman–Crippen LogP) is 3.17. The molecule has 2 aromatic rings. The van der Waals surface area contributed by atoms with E-state index in [1.165, 1.54) is 11.3 Å². The summed E-state index contributed by atoms with van der Waals surface area (Å²) in [6.07, 6.45) is 2.34. The van der Waals surface area contributed by atoms with Crippen molar-refractivity contribution in [3.05, 3.63) is 24.3 Å². The number of fused-ring (bicyclic) bond motifs is 1. The number of amides is 3. The largest absolute Gasteiger partial charge is 0.356 e. The van der Waals surface area contributed by atoms with Gasteiger partial charge in [-0.1, -0.05) is 44.2 Å². The van der Waals surface area contributed by atoms with Crippen LogP contribution in [0.5, 0.6) is 0 Å². The van der Waals surface area contributed by atoms with Crippen LogP contribution in [0.1, 0.15) is 46.5 Å². The van der Waals surface area contributed by atoms with Crippen molar-refractivity contribution in [1.82, 2.24) is 15.2 Å². The Hall–Kier alpha value is -2.48. The highest BCUT2D eigenvalue weighted by atomic mass is 32.1. The van der Waals surface area contributed by atoms with E-state index in [1.807, 2.05) is 45.0 Å². The molecule has 0 radical (unpaired) electrons. The molecular weight excluding hydrogens is 388 g/mol. The molecule has 7 nitrogen and oxygen atoms in total. The van der Waals surface area contributed by atoms with Crippen LogP contribution in [0.2, 0.25) is 0 Å². The van der Waals surface area contributed by atoms with Crippen molar-refractivity contribution in [2.75, 3.05) is 18.4 Å². The SMILES string of the molecule is CC(C)(C)C(=O)NCCCC(=O)N1CCCC1C(=O)Nc1nc2ccccc2s1. The van der Waals surface area contributed by atoms with Gasteiger partial charge in [-0.3, -0.25) is 14.4 Å². The zero-order valence-electron chi connectivity index (χ0n) is 17.2. The summed E-state index contributed by atoms with van der Waals surface area (Å²) in [5.74, 6) is -0.257. The molecule has 2 heterocycles. The molecule has 8 heteroatoms. The third-order valence-corrected chi connectivity index (χ3v) is 5.89. The first-order valence-electron chi connectivity index (χ1n) is 10.00. The monoisotopic (exact) mass is 416 g/mol. The van der Waals surface area contributed by atoms with Gasteiger partial charge in [0.1, 0.15) is 6.04 Å². The number of carbonyl (C=O) groups is 3. The fourth-order valence-corrected chi connectivity index (χ4v) is 4.17.